The number of carbonyl (C=O) groups is 1. The first-order valence-electron chi connectivity index (χ1n) is 6.82. The van der Waals surface area contributed by atoms with Crippen LogP contribution in [0.3, 0.4) is 0 Å². The molecule has 0 bridgehead atoms. The molecule has 0 aliphatic carbocycles. The van der Waals surface area contributed by atoms with Crippen molar-refractivity contribution in [3.8, 4) is 0 Å². The van der Waals surface area contributed by atoms with E-state index in [-0.39, 0.29) is 11.9 Å². The van der Waals surface area contributed by atoms with Gasteiger partial charge in [-0.05, 0) is 37.4 Å². The minimum Gasteiger partial charge on any atom is -0.353 e. The first kappa shape index (κ1) is 13.1. The third-order valence-corrected chi connectivity index (χ3v) is 3.90. The third-order valence-electron chi connectivity index (χ3n) is 3.90. The molecule has 2 unspecified atom stereocenters. The Hall–Kier alpha value is -1.29. The Bertz CT molecular complexity index is 399. The van der Waals surface area contributed by atoms with E-state index in [1.54, 1.807) is 0 Å². The zero-order valence-corrected chi connectivity index (χ0v) is 11.3. The van der Waals surface area contributed by atoms with E-state index < -0.39 is 0 Å². The molecule has 1 aliphatic rings. The summed E-state index contributed by atoms with van der Waals surface area (Å²) in [6.45, 7) is 3.77. The molecule has 0 spiro atoms. The fraction of sp³-hybridized carbons (Fsp3) is 0.643. The highest BCUT2D eigenvalue weighted by molar-refractivity contribution is 5.81. The highest BCUT2D eigenvalue weighted by atomic mass is 16.2. The maximum Gasteiger partial charge on any atom is 0.237 e. The molecule has 0 aromatic carbocycles. The molecule has 2 atom stereocenters. The standard InChI is InChI=1S/C14H23N3O/c1-3-11-6-7-15-13(9-11)14(18)16-10-12-5-4-8-17(12)2/h4-5,8,11,13,15H,3,6-7,9-10H2,1-2H3,(H,16,18). The SMILES string of the molecule is CCC1CCNC(C(=O)NCc2cccn2C)C1. The number of piperidine rings is 1. The van der Waals surface area contributed by atoms with Crippen molar-refractivity contribution in [1.82, 2.24) is 15.2 Å². The lowest BCUT2D eigenvalue weighted by molar-refractivity contribution is -0.124. The Morgan fingerprint density at radius 3 is 3.11 bits per heavy atom. The molecule has 1 fully saturated rings. The summed E-state index contributed by atoms with van der Waals surface area (Å²) < 4.78 is 2.03. The van der Waals surface area contributed by atoms with Crippen molar-refractivity contribution in [2.24, 2.45) is 13.0 Å². The van der Waals surface area contributed by atoms with Crippen LogP contribution in [0.4, 0.5) is 0 Å². The molecule has 2 heterocycles. The fourth-order valence-corrected chi connectivity index (χ4v) is 2.55. The summed E-state index contributed by atoms with van der Waals surface area (Å²) in [5.74, 6) is 0.825. The number of aryl methyl sites for hydroxylation is 1. The van der Waals surface area contributed by atoms with Crippen molar-refractivity contribution < 1.29 is 4.79 Å². The molecule has 2 N–H and O–H groups in total. The van der Waals surface area contributed by atoms with Gasteiger partial charge < -0.3 is 15.2 Å². The van der Waals surface area contributed by atoms with Crippen molar-refractivity contribution >= 4 is 5.91 Å². The predicted molar refractivity (Wildman–Crippen MR) is 72.1 cm³/mol. The maximum absolute atomic E-state index is 12.1. The summed E-state index contributed by atoms with van der Waals surface area (Å²) in [6, 6.07) is 4.01. The normalized spacial score (nSPS) is 23.9. The van der Waals surface area contributed by atoms with E-state index >= 15 is 0 Å². The second-order valence-electron chi connectivity index (χ2n) is 5.13. The first-order chi connectivity index (χ1) is 8.70. The van der Waals surface area contributed by atoms with Gasteiger partial charge in [-0.1, -0.05) is 13.3 Å². The zero-order valence-electron chi connectivity index (χ0n) is 11.3. The van der Waals surface area contributed by atoms with E-state index in [0.29, 0.717) is 12.5 Å². The lowest BCUT2D eigenvalue weighted by Gasteiger charge is -2.28. The van der Waals surface area contributed by atoms with Gasteiger partial charge in [0.05, 0.1) is 12.6 Å². The van der Waals surface area contributed by atoms with Gasteiger partial charge in [0.15, 0.2) is 0 Å². The number of amides is 1. The highest BCUT2D eigenvalue weighted by Crippen LogP contribution is 2.19. The number of nitrogens with zero attached hydrogens (tertiary/aromatic N) is 1. The van der Waals surface area contributed by atoms with Crippen LogP contribution in [0.1, 0.15) is 31.9 Å². The summed E-state index contributed by atoms with van der Waals surface area (Å²) in [7, 11) is 1.99. The van der Waals surface area contributed by atoms with Crippen LogP contribution in [0.2, 0.25) is 0 Å². The summed E-state index contributed by atoms with van der Waals surface area (Å²) in [5.41, 5.74) is 1.13. The molecular formula is C14H23N3O. The third kappa shape index (κ3) is 3.13. The Morgan fingerprint density at radius 1 is 1.61 bits per heavy atom. The smallest absolute Gasteiger partial charge is 0.237 e. The van der Waals surface area contributed by atoms with Crippen LogP contribution in [-0.2, 0) is 18.4 Å². The number of hydrogen-bond donors (Lipinski definition) is 2. The average molecular weight is 249 g/mol. The van der Waals surface area contributed by atoms with Crippen molar-refractivity contribution in [3.63, 3.8) is 0 Å². The molecule has 1 aliphatic heterocycles. The minimum atomic E-state index is -0.0102. The number of aromatic nitrogens is 1. The van der Waals surface area contributed by atoms with Gasteiger partial charge in [-0.25, -0.2) is 0 Å². The van der Waals surface area contributed by atoms with Crippen LogP contribution in [0, 0.1) is 5.92 Å². The topological polar surface area (TPSA) is 46.1 Å². The summed E-state index contributed by atoms with van der Waals surface area (Å²) in [4.78, 5) is 12.1. The van der Waals surface area contributed by atoms with Crippen LogP contribution in [0.15, 0.2) is 18.3 Å². The van der Waals surface area contributed by atoms with Crippen molar-refractivity contribution in [3.05, 3.63) is 24.0 Å². The molecular weight excluding hydrogens is 226 g/mol. The molecule has 1 aromatic rings. The first-order valence-corrected chi connectivity index (χ1v) is 6.82. The lowest BCUT2D eigenvalue weighted by Crippen LogP contribution is -2.48. The molecule has 4 heteroatoms. The van der Waals surface area contributed by atoms with Crippen molar-refractivity contribution in [2.45, 2.75) is 38.8 Å². The number of hydrogen-bond acceptors (Lipinski definition) is 2. The van der Waals surface area contributed by atoms with E-state index in [9.17, 15) is 4.79 Å². The largest absolute Gasteiger partial charge is 0.353 e. The van der Waals surface area contributed by atoms with Gasteiger partial charge in [-0.3, -0.25) is 4.79 Å². The fourth-order valence-electron chi connectivity index (χ4n) is 2.55. The van der Waals surface area contributed by atoms with E-state index in [0.717, 1.165) is 18.7 Å². The molecule has 1 aromatic heterocycles. The van der Waals surface area contributed by atoms with E-state index in [1.165, 1.54) is 12.8 Å². The van der Waals surface area contributed by atoms with Crippen LogP contribution in [-0.4, -0.2) is 23.1 Å². The van der Waals surface area contributed by atoms with Gasteiger partial charge in [0.2, 0.25) is 5.91 Å². The van der Waals surface area contributed by atoms with Gasteiger partial charge in [0, 0.05) is 18.9 Å². The Morgan fingerprint density at radius 2 is 2.44 bits per heavy atom. The predicted octanol–water partition coefficient (Wildman–Crippen LogP) is 1.42. The Balaban J connectivity index is 1.82. The second kappa shape index (κ2) is 6.05. The second-order valence-corrected chi connectivity index (χ2v) is 5.13. The minimum absolute atomic E-state index is 0.0102. The molecule has 100 valence electrons. The highest BCUT2D eigenvalue weighted by Gasteiger charge is 2.25. The van der Waals surface area contributed by atoms with Crippen molar-refractivity contribution in [2.75, 3.05) is 6.54 Å². The van der Waals surface area contributed by atoms with Gasteiger partial charge in [-0.15, -0.1) is 0 Å². The summed E-state index contributed by atoms with van der Waals surface area (Å²) in [5, 5.41) is 6.33. The number of carbonyl (C=O) groups excluding carboxylic acids is 1. The van der Waals surface area contributed by atoms with Crippen LogP contribution < -0.4 is 10.6 Å². The van der Waals surface area contributed by atoms with Crippen LogP contribution >= 0.6 is 0 Å². The van der Waals surface area contributed by atoms with E-state index in [2.05, 4.69) is 17.6 Å². The zero-order chi connectivity index (χ0) is 13.0. The average Bonchev–Trinajstić information content (AvgIpc) is 2.81. The molecule has 18 heavy (non-hydrogen) atoms. The Labute approximate surface area is 109 Å². The van der Waals surface area contributed by atoms with Crippen LogP contribution in [0.5, 0.6) is 0 Å². The monoisotopic (exact) mass is 249 g/mol. The van der Waals surface area contributed by atoms with Gasteiger partial charge in [-0.2, -0.15) is 0 Å². The maximum atomic E-state index is 12.1. The Kier molecular flexibility index (Phi) is 4.42. The summed E-state index contributed by atoms with van der Waals surface area (Å²) in [6.07, 6.45) is 5.32. The molecule has 0 radical (unpaired) electrons. The van der Waals surface area contributed by atoms with Gasteiger partial charge in [0.25, 0.3) is 0 Å². The van der Waals surface area contributed by atoms with Gasteiger partial charge in [0.1, 0.15) is 0 Å². The summed E-state index contributed by atoms with van der Waals surface area (Å²) >= 11 is 0. The number of rotatable bonds is 4. The molecule has 0 saturated carbocycles. The lowest BCUT2D eigenvalue weighted by atomic mass is 9.90. The molecule has 1 saturated heterocycles. The van der Waals surface area contributed by atoms with Gasteiger partial charge >= 0.3 is 0 Å². The van der Waals surface area contributed by atoms with Crippen LogP contribution in [0.25, 0.3) is 0 Å². The van der Waals surface area contributed by atoms with E-state index in [4.69, 9.17) is 0 Å². The molecule has 4 nitrogen and oxygen atoms in total. The molecule has 1 amide bonds. The number of nitrogens with one attached hydrogen (secondary N) is 2. The van der Waals surface area contributed by atoms with E-state index in [1.807, 2.05) is 29.9 Å². The van der Waals surface area contributed by atoms with Crippen molar-refractivity contribution in [1.29, 1.82) is 0 Å². The quantitative estimate of drug-likeness (QED) is 0.847. The molecule has 2 rings (SSSR count).